The number of nitrogens with two attached hydrogens (primary N) is 1. The Morgan fingerprint density at radius 3 is 2.79 bits per heavy atom. The first-order valence-electron chi connectivity index (χ1n) is 6.67. The van der Waals surface area contributed by atoms with Crippen LogP contribution in [0, 0.1) is 0 Å². The van der Waals surface area contributed by atoms with E-state index in [9.17, 15) is 0 Å². The number of nitrogens with zero attached hydrogens (tertiary/aromatic N) is 3. The minimum absolute atomic E-state index is 0.164. The van der Waals surface area contributed by atoms with Crippen LogP contribution in [0.4, 0.5) is 0 Å². The third kappa shape index (κ3) is 2.29. The Hall–Kier alpha value is -1.65. The van der Waals surface area contributed by atoms with Crippen molar-refractivity contribution in [3.05, 3.63) is 53.3 Å². The van der Waals surface area contributed by atoms with E-state index in [2.05, 4.69) is 47.5 Å². The van der Waals surface area contributed by atoms with Crippen LogP contribution in [0.5, 0.6) is 0 Å². The summed E-state index contributed by atoms with van der Waals surface area (Å²) >= 11 is 0. The van der Waals surface area contributed by atoms with Crippen LogP contribution in [0.3, 0.4) is 0 Å². The van der Waals surface area contributed by atoms with E-state index in [1.54, 1.807) is 0 Å². The van der Waals surface area contributed by atoms with Gasteiger partial charge in [0.25, 0.3) is 0 Å². The molecule has 2 atom stereocenters. The van der Waals surface area contributed by atoms with Gasteiger partial charge in [-0.05, 0) is 24.6 Å². The lowest BCUT2D eigenvalue weighted by molar-refractivity contribution is 0.229. The zero-order valence-corrected chi connectivity index (χ0v) is 11.5. The van der Waals surface area contributed by atoms with Gasteiger partial charge in [0.1, 0.15) is 0 Å². The predicted octanol–water partition coefficient (Wildman–Crippen LogP) is 2.00. The maximum Gasteiger partial charge on any atom is 0.0534 e. The van der Waals surface area contributed by atoms with E-state index in [0.717, 1.165) is 13.0 Å². The molecule has 0 saturated heterocycles. The Balaban J connectivity index is 1.80. The molecule has 19 heavy (non-hydrogen) atoms. The maximum atomic E-state index is 6.23. The van der Waals surface area contributed by atoms with Crippen LogP contribution < -0.4 is 5.73 Å². The van der Waals surface area contributed by atoms with Crippen molar-refractivity contribution in [1.29, 1.82) is 0 Å². The fourth-order valence-electron chi connectivity index (χ4n) is 3.02. The minimum atomic E-state index is 0.164. The van der Waals surface area contributed by atoms with E-state index in [1.165, 1.54) is 16.7 Å². The van der Waals surface area contributed by atoms with Crippen molar-refractivity contribution in [2.75, 3.05) is 7.05 Å². The molecule has 1 aliphatic rings. The topological polar surface area (TPSA) is 47.1 Å². The first-order valence-corrected chi connectivity index (χ1v) is 6.67. The number of hydrogen-bond donors (Lipinski definition) is 1. The van der Waals surface area contributed by atoms with Crippen molar-refractivity contribution >= 4 is 0 Å². The van der Waals surface area contributed by atoms with E-state index >= 15 is 0 Å². The number of benzene rings is 1. The molecule has 1 heterocycles. The van der Waals surface area contributed by atoms with Crippen molar-refractivity contribution in [3.63, 3.8) is 0 Å². The Bertz CT molecular complexity index is 575. The van der Waals surface area contributed by atoms with Crippen molar-refractivity contribution in [2.24, 2.45) is 12.8 Å². The van der Waals surface area contributed by atoms with Gasteiger partial charge in [0, 0.05) is 37.4 Å². The number of aryl methyl sites for hydroxylation is 1. The maximum absolute atomic E-state index is 6.23. The molecule has 1 aromatic carbocycles. The van der Waals surface area contributed by atoms with E-state index in [1.807, 2.05) is 17.9 Å². The SMILES string of the molecule is CN(Cc1cnn(C)c1)C1CC(N)c2ccccc21. The highest BCUT2D eigenvalue weighted by Gasteiger charge is 2.30. The van der Waals surface area contributed by atoms with E-state index in [0.29, 0.717) is 6.04 Å². The average Bonchev–Trinajstić information content (AvgIpc) is 2.95. The molecule has 1 aromatic heterocycles. The molecule has 100 valence electrons. The lowest BCUT2D eigenvalue weighted by Crippen LogP contribution is -2.23. The highest BCUT2D eigenvalue weighted by Crippen LogP contribution is 2.40. The first kappa shape index (κ1) is 12.4. The summed E-state index contributed by atoms with van der Waals surface area (Å²) in [4.78, 5) is 2.36. The molecule has 0 bridgehead atoms. The molecule has 0 saturated carbocycles. The second-order valence-electron chi connectivity index (χ2n) is 5.42. The summed E-state index contributed by atoms with van der Waals surface area (Å²) in [5.41, 5.74) is 10.1. The van der Waals surface area contributed by atoms with Gasteiger partial charge >= 0.3 is 0 Å². The Labute approximate surface area is 113 Å². The fourth-order valence-corrected chi connectivity index (χ4v) is 3.02. The molecule has 2 N–H and O–H groups in total. The summed E-state index contributed by atoms with van der Waals surface area (Å²) in [7, 11) is 4.11. The lowest BCUT2D eigenvalue weighted by Gasteiger charge is -2.24. The molecule has 0 spiro atoms. The Morgan fingerprint density at radius 1 is 1.37 bits per heavy atom. The molecule has 2 unspecified atom stereocenters. The molecule has 2 aromatic rings. The van der Waals surface area contributed by atoms with Gasteiger partial charge in [-0.15, -0.1) is 0 Å². The third-order valence-corrected chi connectivity index (χ3v) is 3.95. The molecule has 1 aliphatic carbocycles. The molecule has 4 nitrogen and oxygen atoms in total. The van der Waals surface area contributed by atoms with Crippen molar-refractivity contribution in [2.45, 2.75) is 25.0 Å². The van der Waals surface area contributed by atoms with Gasteiger partial charge in [-0.1, -0.05) is 24.3 Å². The van der Waals surface area contributed by atoms with Crippen LogP contribution in [0.15, 0.2) is 36.7 Å². The zero-order chi connectivity index (χ0) is 13.4. The zero-order valence-electron chi connectivity index (χ0n) is 11.5. The minimum Gasteiger partial charge on any atom is -0.324 e. The van der Waals surface area contributed by atoms with Gasteiger partial charge < -0.3 is 5.73 Å². The fraction of sp³-hybridized carbons (Fsp3) is 0.400. The highest BCUT2D eigenvalue weighted by atomic mass is 15.2. The molecule has 3 rings (SSSR count). The van der Waals surface area contributed by atoms with Crippen LogP contribution in [-0.4, -0.2) is 21.7 Å². The molecule has 0 aliphatic heterocycles. The molecule has 0 amide bonds. The van der Waals surface area contributed by atoms with Gasteiger partial charge in [-0.3, -0.25) is 9.58 Å². The molecule has 0 radical (unpaired) electrons. The highest BCUT2D eigenvalue weighted by molar-refractivity contribution is 5.37. The number of hydrogen-bond acceptors (Lipinski definition) is 3. The van der Waals surface area contributed by atoms with Crippen molar-refractivity contribution in [1.82, 2.24) is 14.7 Å². The van der Waals surface area contributed by atoms with Crippen LogP contribution in [0.1, 0.15) is 35.2 Å². The molecule has 4 heteroatoms. The van der Waals surface area contributed by atoms with E-state index in [-0.39, 0.29) is 6.04 Å². The summed E-state index contributed by atoms with van der Waals surface area (Å²) in [5, 5.41) is 4.22. The molecular formula is C15H20N4. The van der Waals surface area contributed by atoms with Gasteiger partial charge in [-0.2, -0.15) is 5.10 Å². The quantitative estimate of drug-likeness (QED) is 0.913. The number of aromatic nitrogens is 2. The molecular weight excluding hydrogens is 236 g/mol. The van der Waals surface area contributed by atoms with Crippen LogP contribution in [0.2, 0.25) is 0 Å². The second-order valence-corrected chi connectivity index (χ2v) is 5.42. The first-order chi connectivity index (χ1) is 9.15. The summed E-state index contributed by atoms with van der Waals surface area (Å²) in [5.74, 6) is 0. The Morgan fingerprint density at radius 2 is 2.11 bits per heavy atom. The average molecular weight is 256 g/mol. The summed E-state index contributed by atoms with van der Waals surface area (Å²) < 4.78 is 1.84. The van der Waals surface area contributed by atoms with Gasteiger partial charge in [-0.25, -0.2) is 0 Å². The standard InChI is InChI=1S/C15H20N4/c1-18(9-11-8-17-19(2)10-11)15-7-14(16)12-5-3-4-6-13(12)15/h3-6,8,10,14-15H,7,9,16H2,1-2H3. The monoisotopic (exact) mass is 256 g/mol. The largest absolute Gasteiger partial charge is 0.324 e. The van der Waals surface area contributed by atoms with E-state index < -0.39 is 0 Å². The van der Waals surface area contributed by atoms with Crippen LogP contribution >= 0.6 is 0 Å². The molecule has 0 fully saturated rings. The van der Waals surface area contributed by atoms with Crippen molar-refractivity contribution in [3.8, 4) is 0 Å². The lowest BCUT2D eigenvalue weighted by atomic mass is 10.1. The number of rotatable bonds is 3. The third-order valence-electron chi connectivity index (χ3n) is 3.95. The van der Waals surface area contributed by atoms with Gasteiger partial charge in [0.15, 0.2) is 0 Å². The Kier molecular flexibility index (Phi) is 3.12. The summed E-state index contributed by atoms with van der Waals surface area (Å²) in [6.07, 6.45) is 4.99. The van der Waals surface area contributed by atoms with Crippen molar-refractivity contribution < 1.29 is 0 Å². The number of fused-ring (bicyclic) bond motifs is 1. The normalized spacial score (nSPS) is 21.9. The summed E-state index contributed by atoms with van der Waals surface area (Å²) in [6, 6.07) is 9.10. The van der Waals surface area contributed by atoms with E-state index in [4.69, 9.17) is 5.73 Å². The van der Waals surface area contributed by atoms with Crippen LogP contribution in [0.25, 0.3) is 0 Å². The summed E-state index contributed by atoms with van der Waals surface area (Å²) in [6.45, 7) is 0.902. The predicted molar refractivity (Wildman–Crippen MR) is 75.4 cm³/mol. The van der Waals surface area contributed by atoms with Gasteiger partial charge in [0.05, 0.1) is 6.20 Å². The smallest absolute Gasteiger partial charge is 0.0534 e. The van der Waals surface area contributed by atoms with Gasteiger partial charge in [0.2, 0.25) is 0 Å². The second kappa shape index (κ2) is 4.79. The van der Waals surface area contributed by atoms with Crippen LogP contribution in [-0.2, 0) is 13.6 Å².